The van der Waals surface area contributed by atoms with Crippen molar-refractivity contribution >= 4 is 37.7 Å². The zero-order valence-corrected chi connectivity index (χ0v) is 25.2. The number of pyridine rings is 1. The van der Waals surface area contributed by atoms with Crippen LogP contribution in [-0.4, -0.2) is 24.9 Å². The van der Waals surface area contributed by atoms with Gasteiger partial charge in [-0.2, -0.15) is 13.2 Å². The summed E-state index contributed by atoms with van der Waals surface area (Å²) in [6.07, 6.45) is -0.791. The molecule has 41 heavy (non-hydrogen) atoms. The quantitative estimate of drug-likeness (QED) is 0.279. The first-order valence-electron chi connectivity index (χ1n) is 12.0. The Kier molecular flexibility index (Phi) is 8.30. The van der Waals surface area contributed by atoms with E-state index >= 15 is 0 Å². The van der Waals surface area contributed by atoms with Gasteiger partial charge in [-0.3, -0.25) is 0 Å². The van der Waals surface area contributed by atoms with Gasteiger partial charge >= 0.3 is 35.1 Å². The molecule has 1 atom stereocenters. The third kappa shape index (κ3) is 5.46. The Morgan fingerprint density at radius 3 is 2.29 bits per heavy atom. The van der Waals surface area contributed by atoms with Crippen molar-refractivity contribution in [2.75, 3.05) is 0 Å². The van der Waals surface area contributed by atoms with E-state index in [0.29, 0.717) is 33.7 Å². The largest absolute Gasteiger partial charge is 1.00 e. The molecule has 0 amide bonds. The molecule has 0 bridgehead atoms. The van der Waals surface area contributed by atoms with E-state index in [0.717, 1.165) is 23.1 Å². The number of para-hydroxylation sites is 1. The van der Waals surface area contributed by atoms with E-state index in [4.69, 9.17) is 14.1 Å². The fourth-order valence-corrected chi connectivity index (χ4v) is 5.31. The van der Waals surface area contributed by atoms with Crippen LogP contribution in [0.25, 0.3) is 33.3 Å². The summed E-state index contributed by atoms with van der Waals surface area (Å²) in [4.78, 5) is 16.1. The van der Waals surface area contributed by atoms with Crippen LogP contribution in [0.1, 0.15) is 40.1 Å². The van der Waals surface area contributed by atoms with Crippen LogP contribution in [0.4, 0.5) is 13.2 Å². The first-order chi connectivity index (χ1) is 18.8. The fourth-order valence-electron chi connectivity index (χ4n) is 4.55. The zero-order valence-electron chi connectivity index (χ0n) is 22.4. The predicted molar refractivity (Wildman–Crippen MR) is 139 cm³/mol. The second kappa shape index (κ2) is 11.1. The number of carbonyl (C=O) groups is 1. The van der Waals surface area contributed by atoms with Crippen molar-refractivity contribution in [1.29, 1.82) is 0 Å². The number of furan rings is 1. The molecule has 5 rings (SSSR count). The standard InChI is InChI=1S/C29H22F3NO6S.Na/c1-15-8-13-24(38-17(3)18-9-11-19(12-10-18)40(36,37)29(30,31)32)25-21(28(34)35)14-22(33-26(15)25)27-16(2)20-6-4-5-7-23(20)39-27;/h4-14,17H,1-3H3,(H,34,35);/q;+1/p-1/t17-;/m0./s1. The Labute approximate surface area is 255 Å². The molecule has 0 N–H and O–H groups in total. The molecular weight excluding hydrogens is 570 g/mol. The topological polar surface area (TPSA) is 110 Å². The number of sulfone groups is 1. The number of carbonyl (C=O) groups excluding carboxylic acids is 1. The Balaban J connectivity index is 0.00000387. The van der Waals surface area contributed by atoms with Crippen LogP contribution in [0.3, 0.4) is 0 Å². The number of rotatable bonds is 6. The number of benzene rings is 3. The third-order valence-corrected chi connectivity index (χ3v) is 8.19. The van der Waals surface area contributed by atoms with E-state index in [1.165, 1.54) is 18.2 Å². The Morgan fingerprint density at radius 2 is 1.68 bits per heavy atom. The number of alkyl halides is 3. The molecule has 7 nitrogen and oxygen atoms in total. The van der Waals surface area contributed by atoms with Crippen LogP contribution < -0.4 is 39.4 Å². The van der Waals surface area contributed by atoms with E-state index in [9.17, 15) is 31.5 Å². The van der Waals surface area contributed by atoms with Crippen molar-refractivity contribution < 1.29 is 70.2 Å². The van der Waals surface area contributed by atoms with Gasteiger partial charge in [0.15, 0.2) is 5.76 Å². The summed E-state index contributed by atoms with van der Waals surface area (Å²) in [5, 5.41) is 13.4. The molecule has 3 aromatic carbocycles. The Hall–Kier alpha value is -3.38. The van der Waals surface area contributed by atoms with Gasteiger partial charge in [-0.25, -0.2) is 13.4 Å². The summed E-state index contributed by atoms with van der Waals surface area (Å²) >= 11 is 0. The van der Waals surface area contributed by atoms with Crippen LogP contribution in [0, 0.1) is 13.8 Å². The maximum Gasteiger partial charge on any atom is 1.00 e. The second-order valence-corrected chi connectivity index (χ2v) is 11.2. The van der Waals surface area contributed by atoms with Crippen molar-refractivity contribution in [3.63, 3.8) is 0 Å². The van der Waals surface area contributed by atoms with Gasteiger partial charge in [0.25, 0.3) is 9.84 Å². The molecular formula is C29H21F3NNaO6S. The van der Waals surface area contributed by atoms with Crippen molar-refractivity contribution in [1.82, 2.24) is 4.98 Å². The molecule has 0 spiro atoms. The Morgan fingerprint density at radius 1 is 1.02 bits per heavy atom. The normalized spacial score (nSPS) is 12.7. The van der Waals surface area contributed by atoms with Crippen LogP contribution in [-0.2, 0) is 9.84 Å². The van der Waals surface area contributed by atoms with Gasteiger partial charge in [-0.15, -0.1) is 0 Å². The molecule has 206 valence electrons. The van der Waals surface area contributed by atoms with Crippen molar-refractivity contribution in [3.05, 3.63) is 89.0 Å². The molecule has 0 aliphatic carbocycles. The number of aromatic carboxylic acids is 1. The molecule has 0 saturated heterocycles. The summed E-state index contributed by atoms with van der Waals surface area (Å²) in [5.74, 6) is -0.898. The number of nitrogens with zero attached hydrogens (tertiary/aromatic N) is 1. The number of aryl methyl sites for hydroxylation is 2. The van der Waals surface area contributed by atoms with Gasteiger partial charge in [0.05, 0.1) is 21.8 Å². The van der Waals surface area contributed by atoms with Crippen LogP contribution >= 0.6 is 0 Å². The van der Waals surface area contributed by atoms with Crippen LogP contribution in [0.5, 0.6) is 5.75 Å². The van der Waals surface area contributed by atoms with Gasteiger partial charge in [0, 0.05) is 16.5 Å². The van der Waals surface area contributed by atoms with E-state index in [1.54, 1.807) is 32.0 Å². The molecule has 0 aliphatic rings. The molecule has 0 aliphatic heterocycles. The summed E-state index contributed by atoms with van der Waals surface area (Å²) in [5.41, 5.74) is -2.52. The van der Waals surface area contributed by atoms with Gasteiger partial charge < -0.3 is 19.1 Å². The number of carboxylic acid groups (broad SMARTS) is 1. The number of fused-ring (bicyclic) bond motifs is 2. The maximum atomic E-state index is 12.9. The van der Waals surface area contributed by atoms with Gasteiger partial charge in [-0.05, 0) is 62.2 Å². The molecule has 0 radical (unpaired) electrons. The summed E-state index contributed by atoms with van der Waals surface area (Å²) in [6, 6.07) is 16.1. The molecule has 0 fully saturated rings. The molecule has 0 saturated carbocycles. The van der Waals surface area contributed by atoms with Crippen molar-refractivity contribution in [3.8, 4) is 17.2 Å². The van der Waals surface area contributed by atoms with E-state index < -0.39 is 32.3 Å². The number of hydrogen-bond donors (Lipinski definition) is 0. The molecule has 0 unspecified atom stereocenters. The SMILES string of the molecule is Cc1c(-c2cc(C(=O)[O-])c3c(O[C@@H](C)c4ccc(S(=O)(=O)C(F)(F)F)cc4)ccc(C)c3n2)oc2ccccc12.[Na+]. The number of ether oxygens (including phenoxy) is 1. The van der Waals surface area contributed by atoms with Gasteiger partial charge in [0.2, 0.25) is 0 Å². The summed E-state index contributed by atoms with van der Waals surface area (Å²) in [7, 11) is -5.49. The van der Waals surface area contributed by atoms with E-state index in [1.807, 2.05) is 25.1 Å². The van der Waals surface area contributed by atoms with Gasteiger partial charge in [-0.1, -0.05) is 36.4 Å². The molecule has 2 heterocycles. The predicted octanol–water partition coefficient (Wildman–Crippen LogP) is 3.07. The first kappa shape index (κ1) is 30.6. The fraction of sp³-hybridized carbons (Fsp3) is 0.172. The van der Waals surface area contributed by atoms with Crippen molar-refractivity contribution in [2.24, 2.45) is 0 Å². The third-order valence-electron chi connectivity index (χ3n) is 6.69. The number of halogens is 3. The minimum absolute atomic E-state index is 0. The maximum absolute atomic E-state index is 12.9. The van der Waals surface area contributed by atoms with Gasteiger partial charge in [0.1, 0.15) is 23.1 Å². The minimum Gasteiger partial charge on any atom is -0.545 e. The van der Waals surface area contributed by atoms with E-state index in [-0.39, 0.29) is 46.3 Å². The molecule has 5 aromatic rings. The number of aromatic nitrogens is 1. The first-order valence-corrected chi connectivity index (χ1v) is 13.5. The number of carboxylic acids is 1. The zero-order chi connectivity index (χ0) is 29.0. The number of hydrogen-bond acceptors (Lipinski definition) is 7. The summed E-state index contributed by atoms with van der Waals surface area (Å²) in [6.45, 7) is 5.21. The summed E-state index contributed by atoms with van der Waals surface area (Å²) < 4.78 is 74.0. The van der Waals surface area contributed by atoms with Crippen molar-refractivity contribution in [2.45, 2.75) is 37.3 Å². The average Bonchev–Trinajstić information content (AvgIpc) is 3.25. The second-order valence-electron chi connectivity index (χ2n) is 9.28. The smallest absolute Gasteiger partial charge is 0.545 e. The Bertz CT molecular complexity index is 1900. The molecule has 2 aromatic heterocycles. The molecule has 12 heteroatoms. The van der Waals surface area contributed by atoms with Crippen LogP contribution in [0.2, 0.25) is 0 Å². The minimum atomic E-state index is -5.49. The van der Waals surface area contributed by atoms with Crippen LogP contribution in [0.15, 0.2) is 76.0 Å². The average molecular weight is 592 g/mol. The monoisotopic (exact) mass is 591 g/mol. The van der Waals surface area contributed by atoms with E-state index in [2.05, 4.69) is 0 Å².